The zero-order chi connectivity index (χ0) is 21.1. The van der Waals surface area contributed by atoms with Crippen LogP contribution >= 0.6 is 22.9 Å². The number of thiazole rings is 1. The number of rotatable bonds is 8. The number of anilines is 1. The number of hydrogen-bond donors (Lipinski definition) is 2. The number of carbonyl (C=O) groups is 3. The Kier molecular flexibility index (Phi) is 9.46. The molecule has 1 saturated heterocycles. The Hall–Kier alpha value is -1.29. The first kappa shape index (κ1) is 25.7. The smallest absolute Gasteiger partial charge is 0.731 e. The third-order valence-corrected chi connectivity index (χ3v) is 5.02. The Morgan fingerprint density at radius 1 is 1.52 bits per heavy atom. The van der Waals surface area contributed by atoms with Crippen LogP contribution in [-0.2, 0) is 29.5 Å². The van der Waals surface area contributed by atoms with Crippen LogP contribution in [0, 0.1) is 0 Å². The van der Waals surface area contributed by atoms with E-state index in [-0.39, 0.29) is 62.4 Å². The van der Waals surface area contributed by atoms with Crippen molar-refractivity contribution < 1.29 is 61.7 Å². The van der Waals surface area contributed by atoms with E-state index in [4.69, 9.17) is 16.4 Å². The first-order chi connectivity index (χ1) is 13.0. The average molecular weight is 476 g/mol. The summed E-state index contributed by atoms with van der Waals surface area (Å²) in [4.78, 5) is 44.6. The second-order valence-electron chi connectivity index (χ2n) is 5.67. The second kappa shape index (κ2) is 10.7. The van der Waals surface area contributed by atoms with Gasteiger partial charge in [-0.3, -0.25) is 14.4 Å². The summed E-state index contributed by atoms with van der Waals surface area (Å²) in [6, 6.07) is -1.20. The number of amides is 3. The molecular formula is C13H15ClN5NaO7S2. The van der Waals surface area contributed by atoms with E-state index in [1.807, 2.05) is 0 Å². The van der Waals surface area contributed by atoms with Crippen molar-refractivity contribution in [2.24, 2.45) is 5.16 Å². The van der Waals surface area contributed by atoms with Crippen LogP contribution < -0.4 is 40.2 Å². The van der Waals surface area contributed by atoms with Crippen LogP contribution in [0.5, 0.6) is 0 Å². The Morgan fingerprint density at radius 3 is 2.69 bits per heavy atom. The van der Waals surface area contributed by atoms with E-state index in [0.717, 1.165) is 11.3 Å². The quantitative estimate of drug-likeness (QED) is 0.0963. The normalized spacial score (nSPS) is 16.7. The molecule has 2 rings (SSSR count). The number of β-lactam (4-membered cyclic amide) rings is 1. The van der Waals surface area contributed by atoms with Crippen LogP contribution in [0.1, 0.15) is 19.5 Å². The van der Waals surface area contributed by atoms with Gasteiger partial charge in [-0.25, -0.2) is 17.7 Å². The standard InChI is InChI=1S/C13H16ClN5O7S2.Na/c1-6(2)26-18-10(8-5-27-13(16-8)17-9(20)3-14)11(21)15-7-4-19(12(7)22)28(23,24)25;/h5-7H,3-4H2,1-2H3,(H,15,21)(H,16,17,20)(H,23,24,25);/q;+1/p-1/b18-10+;. The van der Waals surface area contributed by atoms with Gasteiger partial charge in [0.05, 0.1) is 6.54 Å². The molecule has 0 aliphatic carbocycles. The van der Waals surface area contributed by atoms with Gasteiger partial charge >= 0.3 is 29.6 Å². The van der Waals surface area contributed by atoms with E-state index in [1.165, 1.54) is 5.38 Å². The van der Waals surface area contributed by atoms with Gasteiger partial charge in [0, 0.05) is 5.38 Å². The molecule has 2 N–H and O–H groups in total. The molecule has 29 heavy (non-hydrogen) atoms. The van der Waals surface area contributed by atoms with Gasteiger partial charge in [0.25, 0.3) is 11.8 Å². The van der Waals surface area contributed by atoms with Gasteiger partial charge in [0.15, 0.2) is 21.1 Å². The maximum absolute atomic E-state index is 12.5. The number of nitrogens with zero attached hydrogens (tertiary/aromatic N) is 3. The van der Waals surface area contributed by atoms with E-state index in [2.05, 4.69) is 20.8 Å². The maximum Gasteiger partial charge on any atom is 1.00 e. The fourth-order valence-electron chi connectivity index (χ4n) is 1.89. The van der Waals surface area contributed by atoms with Crippen molar-refractivity contribution in [3.63, 3.8) is 0 Å². The zero-order valence-corrected chi connectivity index (χ0v) is 19.9. The van der Waals surface area contributed by atoms with Crippen molar-refractivity contribution in [2.45, 2.75) is 26.0 Å². The summed E-state index contributed by atoms with van der Waals surface area (Å²) in [7, 11) is -4.92. The molecule has 154 valence electrons. The molecule has 1 unspecified atom stereocenters. The van der Waals surface area contributed by atoms with Gasteiger partial charge in [0.1, 0.15) is 23.7 Å². The van der Waals surface area contributed by atoms with Crippen LogP contribution in [0.4, 0.5) is 5.13 Å². The monoisotopic (exact) mass is 475 g/mol. The zero-order valence-electron chi connectivity index (χ0n) is 15.5. The van der Waals surface area contributed by atoms with Gasteiger partial charge in [0.2, 0.25) is 5.91 Å². The van der Waals surface area contributed by atoms with Gasteiger partial charge in [-0.1, -0.05) is 5.16 Å². The third kappa shape index (κ3) is 6.87. The van der Waals surface area contributed by atoms with Gasteiger partial charge in [-0.2, -0.15) is 0 Å². The Labute approximate surface area is 197 Å². The molecule has 1 fully saturated rings. The fourth-order valence-corrected chi connectivity index (χ4v) is 3.34. The van der Waals surface area contributed by atoms with E-state index < -0.39 is 40.6 Å². The van der Waals surface area contributed by atoms with Crippen molar-refractivity contribution in [1.29, 1.82) is 0 Å². The first-order valence-electron chi connectivity index (χ1n) is 7.66. The summed E-state index contributed by atoms with van der Waals surface area (Å²) >= 11 is 6.40. The maximum atomic E-state index is 12.5. The van der Waals surface area contributed by atoms with Gasteiger partial charge in [-0.15, -0.1) is 22.9 Å². The molecule has 1 aromatic rings. The van der Waals surface area contributed by atoms with Gasteiger partial charge < -0.3 is 20.0 Å². The molecule has 1 aliphatic heterocycles. The summed E-state index contributed by atoms with van der Waals surface area (Å²) in [5, 5.41) is 9.97. The van der Waals surface area contributed by atoms with Crippen LogP contribution in [-0.4, -0.2) is 70.3 Å². The summed E-state index contributed by atoms with van der Waals surface area (Å²) < 4.78 is 32.6. The van der Waals surface area contributed by atoms with Crippen molar-refractivity contribution in [2.75, 3.05) is 17.7 Å². The Balaban J connectivity index is 0.00000420. The molecule has 2 heterocycles. The second-order valence-corrected chi connectivity index (χ2v) is 8.09. The molecule has 0 aromatic carbocycles. The molecule has 0 bridgehead atoms. The molecule has 1 atom stereocenters. The van der Waals surface area contributed by atoms with Crippen LogP contribution in [0.2, 0.25) is 0 Å². The Morgan fingerprint density at radius 2 is 2.17 bits per heavy atom. The molecule has 0 spiro atoms. The minimum Gasteiger partial charge on any atom is -0.731 e. The first-order valence-corrected chi connectivity index (χ1v) is 10.4. The predicted molar refractivity (Wildman–Crippen MR) is 97.6 cm³/mol. The van der Waals surface area contributed by atoms with Crippen molar-refractivity contribution in [3.8, 4) is 0 Å². The van der Waals surface area contributed by atoms with E-state index in [9.17, 15) is 27.4 Å². The van der Waals surface area contributed by atoms with E-state index in [0.29, 0.717) is 0 Å². The molecule has 1 aromatic heterocycles. The minimum atomic E-state index is -4.92. The Bertz CT molecular complexity index is 920. The molecule has 16 heteroatoms. The van der Waals surface area contributed by atoms with Gasteiger partial charge in [-0.05, 0) is 13.8 Å². The molecule has 3 amide bonds. The van der Waals surface area contributed by atoms with E-state index >= 15 is 0 Å². The van der Waals surface area contributed by atoms with Crippen molar-refractivity contribution in [3.05, 3.63) is 11.1 Å². The van der Waals surface area contributed by atoms with Crippen molar-refractivity contribution >= 4 is 61.8 Å². The van der Waals surface area contributed by atoms with Crippen LogP contribution in [0.25, 0.3) is 0 Å². The molecule has 0 radical (unpaired) electrons. The number of hydrogen-bond acceptors (Lipinski definition) is 10. The number of aromatic nitrogens is 1. The fraction of sp³-hybridized carbons (Fsp3) is 0.462. The van der Waals surface area contributed by atoms with Crippen LogP contribution in [0.3, 0.4) is 0 Å². The molecule has 12 nitrogen and oxygen atoms in total. The van der Waals surface area contributed by atoms with Crippen LogP contribution in [0.15, 0.2) is 10.5 Å². The number of nitrogens with one attached hydrogen (secondary N) is 2. The number of carbonyl (C=O) groups excluding carboxylic acids is 3. The number of oxime groups is 1. The third-order valence-electron chi connectivity index (χ3n) is 3.15. The molecule has 1 aliphatic rings. The minimum absolute atomic E-state index is 0. The number of halogens is 1. The largest absolute Gasteiger partial charge is 1.00 e. The molecular weight excluding hydrogens is 461 g/mol. The summed E-state index contributed by atoms with van der Waals surface area (Å²) in [6.07, 6.45) is -0.372. The summed E-state index contributed by atoms with van der Waals surface area (Å²) in [5.41, 5.74) is -0.249. The SMILES string of the molecule is CC(C)O/N=C(/C(=O)NC1CN(S(=O)(=O)[O-])C1=O)c1csc(NC(=O)CCl)n1.[Na+]. The number of alkyl halides is 1. The van der Waals surface area contributed by atoms with Crippen molar-refractivity contribution in [1.82, 2.24) is 14.6 Å². The topological polar surface area (TPSA) is 170 Å². The summed E-state index contributed by atoms with van der Waals surface area (Å²) in [5.74, 6) is -2.71. The predicted octanol–water partition coefficient (Wildman–Crippen LogP) is -3.76. The average Bonchev–Trinajstić information content (AvgIpc) is 3.04. The molecule has 0 saturated carbocycles. The summed E-state index contributed by atoms with van der Waals surface area (Å²) in [6.45, 7) is 2.85. The van der Waals surface area contributed by atoms with E-state index in [1.54, 1.807) is 13.8 Å².